The lowest BCUT2D eigenvalue weighted by molar-refractivity contribution is -0.0366. The van der Waals surface area contributed by atoms with E-state index in [9.17, 15) is 10.1 Å². The maximum absolute atomic E-state index is 17.3. The van der Waals surface area contributed by atoms with Crippen LogP contribution in [-0.4, -0.2) is 71.8 Å². The number of amides is 1. The first kappa shape index (κ1) is 34.2. The molecule has 11 nitrogen and oxygen atoms in total. The zero-order valence-electron chi connectivity index (χ0n) is 29.7. The molecule has 5 heterocycles. The molecule has 0 radical (unpaired) electrons. The lowest BCUT2D eigenvalue weighted by Gasteiger charge is -2.39. The minimum Gasteiger partial charge on any atom is -0.444 e. The maximum atomic E-state index is 17.3. The zero-order valence-corrected chi connectivity index (χ0v) is 30.5. The number of carbonyl (C=O) groups excluding carboxylic acids is 1. The van der Waals surface area contributed by atoms with Crippen LogP contribution in [0.4, 0.5) is 9.18 Å². The molecule has 1 amide bonds. The third-order valence-electron chi connectivity index (χ3n) is 10.1. The Morgan fingerprint density at radius 3 is 2.60 bits per heavy atom. The number of aryl methyl sites for hydroxylation is 2. The number of halogens is 1. The number of benzene rings is 2. The van der Waals surface area contributed by atoms with E-state index in [1.54, 1.807) is 4.90 Å². The number of thioether (sulfide) groups is 1. The molecule has 0 N–H and O–H groups in total. The largest absolute Gasteiger partial charge is 0.444 e. The number of piperidine rings is 1. The fourth-order valence-corrected chi connectivity index (χ4v) is 8.12. The second-order valence-electron chi connectivity index (χ2n) is 14.5. The number of carbonyl (C=O) groups is 1. The molecule has 0 aliphatic carbocycles. The molecular formula is C37H43FN8O3S. The standard InChI is InChI=1S/C37H43FN8O3S/c1-20-17-27-26(19-40-46(27)28-10-8-9-15-48-28)30(22(20)3)29-21(2)16-25-32(31(29)38)41-35(50-7)33-34(25)45(43-42-33)24-12-14-44(23(18-24)11-13-39)36(47)49-37(4,5)6/h16-17,19,23-24,28H,8-12,14-15,18H2,1-7H3/t23-,24+,28?/m1/s1. The normalized spacial score (nSPS) is 20.1. The van der Waals surface area contributed by atoms with Gasteiger partial charge in [0, 0.05) is 29.5 Å². The molecule has 3 atom stereocenters. The van der Waals surface area contributed by atoms with Crippen molar-refractivity contribution in [2.45, 2.75) is 109 Å². The summed E-state index contributed by atoms with van der Waals surface area (Å²) in [6, 6.07) is 5.83. The Hall–Kier alpha value is -4.28. The molecule has 5 aromatic rings. The monoisotopic (exact) mass is 698 g/mol. The Balaban J connectivity index is 1.36. The lowest BCUT2D eigenvalue weighted by Crippen LogP contribution is -2.48. The molecule has 0 bridgehead atoms. The van der Waals surface area contributed by atoms with Crippen molar-refractivity contribution < 1.29 is 18.7 Å². The second-order valence-corrected chi connectivity index (χ2v) is 15.3. The number of pyridine rings is 1. The minimum absolute atomic E-state index is 0.144. The Kier molecular flexibility index (Phi) is 8.97. The molecule has 262 valence electrons. The number of hydrogen-bond acceptors (Lipinski definition) is 9. The molecule has 13 heteroatoms. The van der Waals surface area contributed by atoms with Crippen LogP contribution in [0.15, 0.2) is 23.4 Å². The summed E-state index contributed by atoms with van der Waals surface area (Å²) in [6.45, 7) is 12.6. The van der Waals surface area contributed by atoms with Crippen LogP contribution in [0.2, 0.25) is 0 Å². The van der Waals surface area contributed by atoms with Gasteiger partial charge in [-0.15, -0.1) is 16.9 Å². The summed E-state index contributed by atoms with van der Waals surface area (Å²) in [7, 11) is 0. The molecule has 2 aromatic carbocycles. The lowest BCUT2D eigenvalue weighted by atomic mass is 9.89. The first-order valence-electron chi connectivity index (χ1n) is 17.3. The summed E-state index contributed by atoms with van der Waals surface area (Å²) >= 11 is 1.40. The van der Waals surface area contributed by atoms with Gasteiger partial charge >= 0.3 is 6.09 Å². The van der Waals surface area contributed by atoms with Crippen molar-refractivity contribution in [2.24, 2.45) is 0 Å². The van der Waals surface area contributed by atoms with E-state index in [-0.39, 0.29) is 30.2 Å². The van der Waals surface area contributed by atoms with Gasteiger partial charge in [-0.2, -0.15) is 10.4 Å². The number of ether oxygens (including phenoxy) is 2. The highest BCUT2D eigenvalue weighted by atomic mass is 32.2. The van der Waals surface area contributed by atoms with Crippen LogP contribution in [0.1, 0.15) is 88.3 Å². The number of aromatic nitrogens is 6. The van der Waals surface area contributed by atoms with Gasteiger partial charge in [-0.1, -0.05) is 5.21 Å². The van der Waals surface area contributed by atoms with Crippen LogP contribution >= 0.6 is 11.8 Å². The van der Waals surface area contributed by atoms with E-state index in [0.29, 0.717) is 53.0 Å². The predicted octanol–water partition coefficient (Wildman–Crippen LogP) is 8.34. The van der Waals surface area contributed by atoms with Crippen LogP contribution in [0, 0.1) is 37.9 Å². The Morgan fingerprint density at radius 2 is 1.90 bits per heavy atom. The molecule has 0 spiro atoms. The SMILES string of the molecule is CSc1nc2c(F)c(-c3c(C)c(C)cc4c3cnn4C3CCCCO3)c(C)cc2c2c1nnn2[C@H]1CCN(C(=O)OC(C)(C)C)[C@H](CC#N)C1. The van der Waals surface area contributed by atoms with Gasteiger partial charge in [0.1, 0.15) is 27.2 Å². The van der Waals surface area contributed by atoms with Crippen LogP contribution in [0.3, 0.4) is 0 Å². The average Bonchev–Trinajstić information content (AvgIpc) is 3.71. The molecule has 2 aliphatic rings. The van der Waals surface area contributed by atoms with E-state index in [4.69, 9.17) is 19.6 Å². The van der Waals surface area contributed by atoms with Crippen molar-refractivity contribution >= 4 is 50.7 Å². The van der Waals surface area contributed by atoms with Crippen molar-refractivity contribution in [3.8, 4) is 17.2 Å². The number of nitrogens with zero attached hydrogens (tertiary/aromatic N) is 8. The van der Waals surface area contributed by atoms with Gasteiger partial charge in [0.05, 0.1) is 36.3 Å². The number of likely N-dealkylation sites (tertiary alicyclic amines) is 1. The molecule has 50 heavy (non-hydrogen) atoms. The minimum atomic E-state index is -0.652. The molecule has 2 fully saturated rings. The fourth-order valence-electron chi connectivity index (χ4n) is 7.61. The van der Waals surface area contributed by atoms with Gasteiger partial charge in [-0.3, -0.25) is 0 Å². The Morgan fingerprint density at radius 1 is 1.10 bits per heavy atom. The first-order chi connectivity index (χ1) is 23.9. The summed E-state index contributed by atoms with van der Waals surface area (Å²) in [6.07, 6.45) is 7.39. The van der Waals surface area contributed by atoms with Gasteiger partial charge in [-0.05, 0) is 114 Å². The van der Waals surface area contributed by atoms with Crippen molar-refractivity contribution in [3.05, 3.63) is 40.8 Å². The van der Waals surface area contributed by atoms with Crippen molar-refractivity contribution in [3.63, 3.8) is 0 Å². The molecule has 0 saturated carbocycles. The van der Waals surface area contributed by atoms with Crippen LogP contribution < -0.4 is 0 Å². The van der Waals surface area contributed by atoms with Gasteiger partial charge in [0.15, 0.2) is 12.0 Å². The van der Waals surface area contributed by atoms with E-state index in [0.717, 1.165) is 52.4 Å². The summed E-state index contributed by atoms with van der Waals surface area (Å²) in [5.41, 5.74) is 5.95. The third-order valence-corrected chi connectivity index (χ3v) is 10.8. The molecular weight excluding hydrogens is 656 g/mol. The van der Waals surface area contributed by atoms with Crippen molar-refractivity contribution in [1.82, 2.24) is 34.7 Å². The summed E-state index contributed by atoms with van der Waals surface area (Å²) in [5, 5.41) is 25.7. The Labute approximate surface area is 295 Å². The van der Waals surface area contributed by atoms with E-state index < -0.39 is 17.5 Å². The van der Waals surface area contributed by atoms with E-state index in [1.165, 1.54) is 11.8 Å². The molecule has 3 aromatic heterocycles. The van der Waals surface area contributed by atoms with Crippen LogP contribution in [0.5, 0.6) is 0 Å². The number of hydrogen-bond donors (Lipinski definition) is 0. The van der Waals surface area contributed by atoms with Gasteiger partial charge in [0.2, 0.25) is 0 Å². The maximum Gasteiger partial charge on any atom is 0.410 e. The van der Waals surface area contributed by atoms with Crippen LogP contribution in [-0.2, 0) is 9.47 Å². The van der Waals surface area contributed by atoms with Gasteiger partial charge in [0.25, 0.3) is 0 Å². The second kappa shape index (κ2) is 13.1. The van der Waals surface area contributed by atoms with E-state index in [1.807, 2.05) is 62.5 Å². The molecule has 1 unspecified atom stereocenters. The van der Waals surface area contributed by atoms with Gasteiger partial charge < -0.3 is 14.4 Å². The topological polar surface area (TPSA) is 124 Å². The first-order valence-corrected chi connectivity index (χ1v) is 18.5. The number of fused-ring (bicyclic) bond motifs is 4. The highest BCUT2D eigenvalue weighted by Crippen LogP contribution is 2.43. The number of rotatable bonds is 5. The van der Waals surface area contributed by atoms with Gasteiger partial charge in [-0.25, -0.2) is 23.5 Å². The zero-order chi connectivity index (χ0) is 35.5. The molecule has 2 aliphatic heterocycles. The average molecular weight is 699 g/mol. The highest BCUT2D eigenvalue weighted by Gasteiger charge is 2.36. The van der Waals surface area contributed by atoms with Crippen LogP contribution in [0.25, 0.3) is 44.0 Å². The summed E-state index contributed by atoms with van der Waals surface area (Å²) < 4.78 is 32.9. The molecule has 7 rings (SSSR count). The van der Waals surface area contributed by atoms with E-state index >= 15 is 4.39 Å². The number of nitriles is 1. The summed E-state index contributed by atoms with van der Waals surface area (Å²) in [5.74, 6) is -0.399. The third kappa shape index (κ3) is 5.86. The Bertz CT molecular complexity index is 2180. The highest BCUT2D eigenvalue weighted by molar-refractivity contribution is 7.98. The van der Waals surface area contributed by atoms with Crippen molar-refractivity contribution in [2.75, 3.05) is 19.4 Å². The molecule has 2 saturated heterocycles. The van der Waals surface area contributed by atoms with E-state index in [2.05, 4.69) is 29.4 Å². The van der Waals surface area contributed by atoms with Crippen molar-refractivity contribution in [1.29, 1.82) is 5.26 Å². The summed E-state index contributed by atoms with van der Waals surface area (Å²) in [4.78, 5) is 19.6. The predicted molar refractivity (Wildman–Crippen MR) is 192 cm³/mol. The smallest absolute Gasteiger partial charge is 0.410 e. The quantitative estimate of drug-likeness (QED) is 0.167. The fraction of sp³-hybridized carbons (Fsp3) is 0.514.